The normalized spacial score (nSPS) is 19.1. The molecule has 0 aromatic carbocycles. The fraction of sp³-hybridized carbons (Fsp3) is 0.444. The first-order valence-electron chi connectivity index (χ1n) is 5.54. The van der Waals surface area contributed by atoms with Crippen LogP contribution in [0.3, 0.4) is 0 Å². The van der Waals surface area contributed by atoms with Crippen LogP contribution in [0.25, 0.3) is 0 Å². The van der Waals surface area contributed by atoms with E-state index in [2.05, 4.69) is 35.6 Å². The fourth-order valence-electron chi connectivity index (χ4n) is 1.94. The number of rotatable bonds is 3. The molecule has 8 nitrogen and oxygen atoms in total. The van der Waals surface area contributed by atoms with E-state index in [0.717, 1.165) is 30.5 Å². The van der Waals surface area contributed by atoms with Gasteiger partial charge in [0.1, 0.15) is 6.33 Å². The summed E-state index contributed by atoms with van der Waals surface area (Å²) in [6.07, 6.45) is 4.16. The summed E-state index contributed by atoms with van der Waals surface area (Å²) in [5, 5.41) is 20.1. The van der Waals surface area contributed by atoms with E-state index >= 15 is 0 Å². The molecule has 2 aromatic rings. The summed E-state index contributed by atoms with van der Waals surface area (Å²) in [6, 6.07) is 0.319. The first-order valence-corrected chi connectivity index (χ1v) is 6.36. The molecule has 1 fully saturated rings. The number of nitrogens with zero attached hydrogens (tertiary/aromatic N) is 6. The molecule has 1 unspecified atom stereocenters. The smallest absolute Gasteiger partial charge is 0.207 e. The number of anilines is 3. The van der Waals surface area contributed by atoms with Crippen LogP contribution < -0.4 is 16.0 Å². The molecular formula is C9H12N8S. The van der Waals surface area contributed by atoms with Crippen molar-refractivity contribution in [3.63, 3.8) is 0 Å². The molecule has 1 saturated heterocycles. The highest BCUT2D eigenvalue weighted by molar-refractivity contribution is 7.18. The van der Waals surface area contributed by atoms with Gasteiger partial charge in [-0.3, -0.25) is 0 Å². The van der Waals surface area contributed by atoms with Gasteiger partial charge < -0.3 is 16.0 Å². The number of hydrogen-bond donors (Lipinski definition) is 2. The van der Waals surface area contributed by atoms with Crippen molar-refractivity contribution in [3.05, 3.63) is 12.5 Å². The lowest BCUT2D eigenvalue weighted by Gasteiger charge is -2.16. The van der Waals surface area contributed by atoms with E-state index in [1.165, 1.54) is 17.7 Å². The molecule has 0 radical (unpaired) electrons. The minimum absolute atomic E-state index is 0.319. The zero-order valence-corrected chi connectivity index (χ0v) is 10.3. The SMILES string of the molecule is Nc1nnc(NC2CCN(c3cncnn3)C2)s1. The van der Waals surface area contributed by atoms with Crippen LogP contribution in [0, 0.1) is 0 Å². The summed E-state index contributed by atoms with van der Waals surface area (Å²) in [5.74, 6) is 0.804. The summed E-state index contributed by atoms with van der Waals surface area (Å²) in [7, 11) is 0. The van der Waals surface area contributed by atoms with E-state index in [1.807, 2.05) is 0 Å². The maximum atomic E-state index is 5.54. The molecule has 1 atom stereocenters. The van der Waals surface area contributed by atoms with Gasteiger partial charge >= 0.3 is 0 Å². The Labute approximate surface area is 107 Å². The minimum Gasteiger partial charge on any atom is -0.374 e. The van der Waals surface area contributed by atoms with Crippen LogP contribution in [0.4, 0.5) is 16.1 Å². The van der Waals surface area contributed by atoms with Gasteiger partial charge in [0.15, 0.2) is 5.82 Å². The Kier molecular flexibility index (Phi) is 2.89. The third-order valence-electron chi connectivity index (χ3n) is 2.75. The van der Waals surface area contributed by atoms with Crippen LogP contribution >= 0.6 is 11.3 Å². The zero-order valence-electron chi connectivity index (χ0n) is 9.52. The Hall–Kier alpha value is -2.03. The molecule has 0 saturated carbocycles. The summed E-state index contributed by atoms with van der Waals surface area (Å²) in [5.41, 5.74) is 5.54. The average molecular weight is 264 g/mol. The summed E-state index contributed by atoms with van der Waals surface area (Å²) < 4.78 is 0. The lowest BCUT2D eigenvalue weighted by Crippen LogP contribution is -2.26. The maximum absolute atomic E-state index is 5.54. The van der Waals surface area contributed by atoms with Crippen LogP contribution in [-0.4, -0.2) is 44.5 Å². The Bertz CT molecular complexity index is 514. The van der Waals surface area contributed by atoms with Crippen LogP contribution in [0.1, 0.15) is 6.42 Å². The molecule has 3 rings (SSSR count). The molecule has 1 aliphatic rings. The molecule has 0 amide bonds. The van der Waals surface area contributed by atoms with Gasteiger partial charge in [-0.1, -0.05) is 11.3 Å². The van der Waals surface area contributed by atoms with Crippen molar-refractivity contribution < 1.29 is 0 Å². The second-order valence-electron chi connectivity index (χ2n) is 3.99. The highest BCUT2D eigenvalue weighted by atomic mass is 32.1. The van der Waals surface area contributed by atoms with E-state index in [1.54, 1.807) is 6.20 Å². The second-order valence-corrected chi connectivity index (χ2v) is 5.00. The third-order valence-corrected chi connectivity index (χ3v) is 3.43. The molecular weight excluding hydrogens is 252 g/mol. The minimum atomic E-state index is 0.319. The van der Waals surface area contributed by atoms with Gasteiger partial charge in [0.2, 0.25) is 10.3 Å². The van der Waals surface area contributed by atoms with Crippen LogP contribution in [0.2, 0.25) is 0 Å². The summed E-state index contributed by atoms with van der Waals surface area (Å²) in [6.45, 7) is 1.77. The monoisotopic (exact) mass is 264 g/mol. The highest BCUT2D eigenvalue weighted by Gasteiger charge is 2.24. The van der Waals surface area contributed by atoms with Gasteiger partial charge in [0, 0.05) is 19.1 Å². The van der Waals surface area contributed by atoms with E-state index < -0.39 is 0 Å². The van der Waals surface area contributed by atoms with Gasteiger partial charge in [0.25, 0.3) is 0 Å². The maximum Gasteiger partial charge on any atom is 0.207 e. The Morgan fingerprint density at radius 1 is 1.39 bits per heavy atom. The Balaban J connectivity index is 1.62. The van der Waals surface area contributed by atoms with E-state index in [0.29, 0.717) is 11.2 Å². The largest absolute Gasteiger partial charge is 0.374 e. The van der Waals surface area contributed by atoms with Gasteiger partial charge in [0.05, 0.1) is 6.20 Å². The number of hydrogen-bond acceptors (Lipinski definition) is 9. The summed E-state index contributed by atoms with van der Waals surface area (Å²) >= 11 is 1.36. The fourth-order valence-corrected chi connectivity index (χ4v) is 2.53. The molecule has 18 heavy (non-hydrogen) atoms. The van der Waals surface area contributed by atoms with Crippen LogP contribution in [0.15, 0.2) is 12.5 Å². The predicted octanol–water partition coefficient (Wildman–Crippen LogP) is -0.00390. The van der Waals surface area contributed by atoms with Crippen molar-refractivity contribution in [2.24, 2.45) is 0 Å². The Morgan fingerprint density at radius 3 is 3.06 bits per heavy atom. The van der Waals surface area contributed by atoms with Gasteiger partial charge in [-0.2, -0.15) is 0 Å². The molecule has 2 aromatic heterocycles. The van der Waals surface area contributed by atoms with Crippen LogP contribution in [0.5, 0.6) is 0 Å². The highest BCUT2D eigenvalue weighted by Crippen LogP contribution is 2.22. The number of nitrogens with two attached hydrogens (primary N) is 1. The topological polar surface area (TPSA) is 106 Å². The first kappa shape index (κ1) is 11.1. The molecule has 9 heteroatoms. The van der Waals surface area contributed by atoms with Crippen molar-refractivity contribution in [2.75, 3.05) is 29.0 Å². The van der Waals surface area contributed by atoms with Crippen molar-refractivity contribution in [1.82, 2.24) is 25.4 Å². The molecule has 0 aliphatic carbocycles. The predicted molar refractivity (Wildman–Crippen MR) is 68.4 cm³/mol. The first-order chi connectivity index (χ1) is 8.81. The summed E-state index contributed by atoms with van der Waals surface area (Å²) in [4.78, 5) is 6.11. The Morgan fingerprint density at radius 2 is 2.33 bits per heavy atom. The average Bonchev–Trinajstić information content (AvgIpc) is 3.01. The third kappa shape index (κ3) is 2.30. The van der Waals surface area contributed by atoms with Crippen molar-refractivity contribution in [1.29, 1.82) is 0 Å². The second kappa shape index (κ2) is 4.69. The molecule has 1 aliphatic heterocycles. The van der Waals surface area contributed by atoms with Gasteiger partial charge in [-0.25, -0.2) is 4.98 Å². The zero-order chi connectivity index (χ0) is 12.4. The molecule has 3 N–H and O–H groups in total. The quantitative estimate of drug-likeness (QED) is 0.797. The van der Waals surface area contributed by atoms with E-state index in [4.69, 9.17) is 5.73 Å². The lowest BCUT2D eigenvalue weighted by molar-refractivity contribution is 0.798. The van der Waals surface area contributed by atoms with Crippen molar-refractivity contribution >= 4 is 27.4 Å². The van der Waals surface area contributed by atoms with E-state index in [9.17, 15) is 0 Å². The molecule has 3 heterocycles. The molecule has 0 spiro atoms. The standard InChI is InChI=1S/C9H12N8S/c10-8-15-16-9(18-8)13-6-1-2-17(4-6)7-3-11-5-12-14-7/h3,5-6H,1-2,4H2,(H2,10,15)(H,13,16). The number of nitrogens with one attached hydrogen (secondary N) is 1. The van der Waals surface area contributed by atoms with E-state index in [-0.39, 0.29) is 0 Å². The number of aromatic nitrogens is 5. The van der Waals surface area contributed by atoms with Crippen molar-refractivity contribution in [2.45, 2.75) is 12.5 Å². The number of nitrogen functional groups attached to an aromatic ring is 1. The van der Waals surface area contributed by atoms with Crippen molar-refractivity contribution in [3.8, 4) is 0 Å². The van der Waals surface area contributed by atoms with Gasteiger partial charge in [-0.15, -0.1) is 20.4 Å². The van der Waals surface area contributed by atoms with Gasteiger partial charge in [-0.05, 0) is 6.42 Å². The molecule has 94 valence electrons. The lowest BCUT2D eigenvalue weighted by atomic mass is 10.3. The van der Waals surface area contributed by atoms with Crippen LogP contribution in [-0.2, 0) is 0 Å². The molecule has 0 bridgehead atoms.